The van der Waals surface area contributed by atoms with Crippen molar-refractivity contribution >= 4 is 29.0 Å². The van der Waals surface area contributed by atoms with E-state index < -0.39 is 0 Å². The van der Waals surface area contributed by atoms with Gasteiger partial charge in [0.15, 0.2) is 0 Å². The molecule has 0 saturated carbocycles. The van der Waals surface area contributed by atoms with Gasteiger partial charge in [0.1, 0.15) is 10.7 Å². The molecule has 0 N–H and O–H groups in total. The molecule has 7 heteroatoms. The Morgan fingerprint density at radius 2 is 2.04 bits per heavy atom. The summed E-state index contributed by atoms with van der Waals surface area (Å²) in [5, 5.41) is 5.10. The molecule has 0 spiro atoms. The van der Waals surface area contributed by atoms with E-state index in [1.165, 1.54) is 11.3 Å². The van der Waals surface area contributed by atoms with Crippen LogP contribution in [-0.4, -0.2) is 26.4 Å². The topological polar surface area (TPSA) is 60.1 Å². The highest BCUT2D eigenvalue weighted by molar-refractivity contribution is 7.99. The highest BCUT2D eigenvalue weighted by Gasteiger charge is 2.15. The first-order valence-electron chi connectivity index (χ1n) is 7.86. The minimum atomic E-state index is -0.338. The van der Waals surface area contributed by atoms with Crippen molar-refractivity contribution in [3.05, 3.63) is 58.1 Å². The normalized spacial score (nSPS) is 11.7. The van der Waals surface area contributed by atoms with Gasteiger partial charge < -0.3 is 0 Å². The molecule has 25 heavy (non-hydrogen) atoms. The molecule has 0 aliphatic rings. The standard InChI is InChI=1S/C18H18N4OS2/c1-4-24-15-10-14(13-8-6-5-7-9-13)11-19-16(15)17(23)20-18-22(3)21-12(2)25-18/h5-11H,4H2,1-3H3. The fourth-order valence-corrected chi connectivity index (χ4v) is 3.89. The van der Waals surface area contributed by atoms with E-state index in [-0.39, 0.29) is 5.91 Å². The van der Waals surface area contributed by atoms with E-state index in [1.54, 1.807) is 29.7 Å². The third-order valence-electron chi connectivity index (χ3n) is 3.47. The molecule has 0 atom stereocenters. The third-order valence-corrected chi connectivity index (χ3v) is 5.29. The molecule has 0 fully saturated rings. The number of hydrogen-bond acceptors (Lipinski definition) is 5. The number of benzene rings is 1. The SMILES string of the molecule is CCSc1cc(-c2ccccc2)cnc1C(=O)N=c1sc(C)nn1C. The maximum absolute atomic E-state index is 12.6. The van der Waals surface area contributed by atoms with Crippen LogP contribution in [0.1, 0.15) is 22.4 Å². The zero-order chi connectivity index (χ0) is 17.8. The summed E-state index contributed by atoms with van der Waals surface area (Å²) >= 11 is 2.98. The predicted molar refractivity (Wildman–Crippen MR) is 102 cm³/mol. The summed E-state index contributed by atoms with van der Waals surface area (Å²) in [5.41, 5.74) is 2.46. The van der Waals surface area contributed by atoms with Gasteiger partial charge in [-0.2, -0.15) is 10.1 Å². The summed E-state index contributed by atoms with van der Waals surface area (Å²) in [6, 6.07) is 12.0. The summed E-state index contributed by atoms with van der Waals surface area (Å²) in [6.45, 7) is 3.94. The second-order valence-electron chi connectivity index (χ2n) is 5.31. The minimum absolute atomic E-state index is 0.338. The van der Waals surface area contributed by atoms with E-state index >= 15 is 0 Å². The molecule has 0 saturated heterocycles. The van der Waals surface area contributed by atoms with Gasteiger partial charge in [0, 0.05) is 23.7 Å². The first kappa shape index (κ1) is 17.6. The summed E-state index contributed by atoms with van der Waals surface area (Å²) in [5.74, 6) is 0.517. The zero-order valence-electron chi connectivity index (χ0n) is 14.3. The molecule has 1 amide bonds. The Bertz CT molecular complexity index is 961. The van der Waals surface area contributed by atoms with Crippen molar-refractivity contribution in [3.8, 4) is 11.1 Å². The number of aryl methyl sites for hydroxylation is 2. The van der Waals surface area contributed by atoms with Crippen LogP contribution < -0.4 is 4.80 Å². The Morgan fingerprint density at radius 1 is 1.28 bits per heavy atom. The highest BCUT2D eigenvalue weighted by Crippen LogP contribution is 2.27. The van der Waals surface area contributed by atoms with E-state index in [2.05, 4.69) is 22.0 Å². The molecular formula is C18H18N4OS2. The second kappa shape index (κ2) is 7.76. The van der Waals surface area contributed by atoms with Crippen LogP contribution in [-0.2, 0) is 7.05 Å². The number of nitrogens with zero attached hydrogens (tertiary/aromatic N) is 4. The van der Waals surface area contributed by atoms with Crippen molar-refractivity contribution in [2.75, 3.05) is 5.75 Å². The molecule has 2 heterocycles. The molecular weight excluding hydrogens is 352 g/mol. The van der Waals surface area contributed by atoms with Crippen LogP contribution in [0.25, 0.3) is 11.1 Å². The fraction of sp³-hybridized carbons (Fsp3) is 0.222. The van der Waals surface area contributed by atoms with Gasteiger partial charge in [-0.25, -0.2) is 9.67 Å². The number of aromatic nitrogens is 3. The number of hydrogen-bond donors (Lipinski definition) is 0. The maximum Gasteiger partial charge on any atom is 0.299 e. The molecule has 5 nitrogen and oxygen atoms in total. The van der Waals surface area contributed by atoms with E-state index in [1.807, 2.05) is 43.3 Å². The maximum atomic E-state index is 12.6. The van der Waals surface area contributed by atoms with Gasteiger partial charge in [0.25, 0.3) is 5.91 Å². The van der Waals surface area contributed by atoms with Crippen LogP contribution in [0.2, 0.25) is 0 Å². The average Bonchev–Trinajstić information content (AvgIpc) is 2.93. The smallest absolute Gasteiger partial charge is 0.265 e. The molecule has 0 aliphatic carbocycles. The summed E-state index contributed by atoms with van der Waals surface area (Å²) in [4.78, 5) is 22.7. The van der Waals surface area contributed by atoms with Crippen molar-refractivity contribution in [1.82, 2.24) is 14.8 Å². The predicted octanol–water partition coefficient (Wildman–Crippen LogP) is 3.71. The lowest BCUT2D eigenvalue weighted by molar-refractivity contribution is 0.0990. The molecule has 0 radical (unpaired) electrons. The molecule has 2 aromatic heterocycles. The molecule has 128 valence electrons. The summed E-state index contributed by atoms with van der Waals surface area (Å²) in [7, 11) is 1.78. The number of pyridine rings is 1. The Balaban J connectivity index is 2.02. The first-order chi connectivity index (χ1) is 12.1. The van der Waals surface area contributed by atoms with Gasteiger partial charge in [0.2, 0.25) is 4.80 Å². The molecule has 1 aromatic carbocycles. The Labute approximate surface area is 154 Å². The number of amides is 1. The number of carbonyl (C=O) groups is 1. The van der Waals surface area contributed by atoms with Gasteiger partial charge >= 0.3 is 0 Å². The van der Waals surface area contributed by atoms with Gasteiger partial charge in [-0.15, -0.1) is 11.8 Å². The Hall–Kier alpha value is -2.25. The van der Waals surface area contributed by atoms with Crippen LogP contribution in [0.3, 0.4) is 0 Å². The van der Waals surface area contributed by atoms with Gasteiger partial charge in [-0.1, -0.05) is 48.6 Å². The van der Waals surface area contributed by atoms with Crippen LogP contribution in [0.5, 0.6) is 0 Å². The van der Waals surface area contributed by atoms with Crippen molar-refractivity contribution in [2.45, 2.75) is 18.7 Å². The molecule has 3 aromatic rings. The van der Waals surface area contributed by atoms with Crippen LogP contribution in [0.15, 0.2) is 52.5 Å². The lowest BCUT2D eigenvalue weighted by atomic mass is 10.1. The second-order valence-corrected chi connectivity index (χ2v) is 7.78. The monoisotopic (exact) mass is 370 g/mol. The van der Waals surface area contributed by atoms with Gasteiger partial charge in [-0.05, 0) is 24.3 Å². The van der Waals surface area contributed by atoms with E-state index in [0.717, 1.165) is 26.8 Å². The van der Waals surface area contributed by atoms with Crippen LogP contribution in [0, 0.1) is 6.92 Å². The minimum Gasteiger partial charge on any atom is -0.265 e. The fourth-order valence-electron chi connectivity index (χ4n) is 2.37. The van der Waals surface area contributed by atoms with Gasteiger partial charge in [0.05, 0.1) is 0 Å². The summed E-state index contributed by atoms with van der Waals surface area (Å²) < 4.78 is 1.61. The van der Waals surface area contributed by atoms with Crippen molar-refractivity contribution in [3.63, 3.8) is 0 Å². The largest absolute Gasteiger partial charge is 0.299 e. The van der Waals surface area contributed by atoms with Gasteiger partial charge in [-0.3, -0.25) is 4.79 Å². The Kier molecular flexibility index (Phi) is 5.45. The van der Waals surface area contributed by atoms with E-state index in [0.29, 0.717) is 10.5 Å². The zero-order valence-corrected chi connectivity index (χ0v) is 15.9. The lowest BCUT2D eigenvalue weighted by Crippen LogP contribution is -2.15. The van der Waals surface area contributed by atoms with Crippen LogP contribution >= 0.6 is 23.1 Å². The number of carbonyl (C=O) groups excluding carboxylic acids is 1. The van der Waals surface area contributed by atoms with Crippen molar-refractivity contribution in [1.29, 1.82) is 0 Å². The van der Waals surface area contributed by atoms with E-state index in [4.69, 9.17) is 0 Å². The van der Waals surface area contributed by atoms with Crippen molar-refractivity contribution in [2.24, 2.45) is 12.0 Å². The summed E-state index contributed by atoms with van der Waals surface area (Å²) in [6.07, 6.45) is 1.73. The number of rotatable bonds is 4. The molecule has 0 aliphatic heterocycles. The molecule has 0 unspecified atom stereocenters. The van der Waals surface area contributed by atoms with E-state index in [9.17, 15) is 4.79 Å². The Morgan fingerprint density at radius 3 is 2.68 bits per heavy atom. The lowest BCUT2D eigenvalue weighted by Gasteiger charge is -2.07. The quantitative estimate of drug-likeness (QED) is 0.657. The highest BCUT2D eigenvalue weighted by atomic mass is 32.2. The number of thioether (sulfide) groups is 1. The van der Waals surface area contributed by atoms with Crippen molar-refractivity contribution < 1.29 is 4.79 Å². The molecule has 3 rings (SSSR count). The average molecular weight is 371 g/mol. The first-order valence-corrected chi connectivity index (χ1v) is 9.66. The van der Waals surface area contributed by atoms with Crippen LogP contribution in [0.4, 0.5) is 0 Å². The third kappa shape index (κ3) is 4.05. The molecule has 0 bridgehead atoms.